The normalized spacial score (nSPS) is 23.1. The lowest BCUT2D eigenvalue weighted by molar-refractivity contribution is 0.0644. The van der Waals surface area contributed by atoms with Gasteiger partial charge < -0.3 is 19.1 Å². The molecule has 0 saturated carbocycles. The van der Waals surface area contributed by atoms with E-state index >= 15 is 0 Å². The lowest BCUT2D eigenvalue weighted by atomic mass is 10.2. The van der Waals surface area contributed by atoms with Gasteiger partial charge >= 0.3 is 6.01 Å². The maximum atomic E-state index is 5.93. The Morgan fingerprint density at radius 3 is 2.80 bits per heavy atom. The molecule has 3 heterocycles. The van der Waals surface area contributed by atoms with Crippen LogP contribution in [0.1, 0.15) is 12.8 Å². The van der Waals surface area contributed by atoms with Crippen molar-refractivity contribution < 1.29 is 14.2 Å². The average molecular weight is 301 g/mol. The van der Waals surface area contributed by atoms with Crippen LogP contribution in [0.4, 0.5) is 5.95 Å². The van der Waals surface area contributed by atoms with Gasteiger partial charge in [0.25, 0.3) is 0 Å². The topological polar surface area (TPSA) is 69.6 Å². The number of anilines is 1. The maximum Gasteiger partial charge on any atom is 0.322 e. The Kier molecular flexibility index (Phi) is 4.49. The smallest absolute Gasteiger partial charge is 0.322 e. The highest BCUT2D eigenvalue weighted by atomic mass is 35.5. The summed E-state index contributed by atoms with van der Waals surface area (Å²) in [5.41, 5.74) is 0. The molecule has 0 aromatic carbocycles. The predicted molar refractivity (Wildman–Crippen MR) is 72.3 cm³/mol. The van der Waals surface area contributed by atoms with E-state index in [2.05, 4.69) is 15.0 Å². The van der Waals surface area contributed by atoms with Crippen molar-refractivity contribution in [3.8, 4) is 6.01 Å². The van der Waals surface area contributed by atoms with Gasteiger partial charge in [0.15, 0.2) is 0 Å². The molecule has 2 aliphatic rings. The summed E-state index contributed by atoms with van der Waals surface area (Å²) in [5, 5.41) is 0.142. The molecule has 0 N–H and O–H groups in total. The van der Waals surface area contributed by atoms with E-state index in [1.807, 2.05) is 4.90 Å². The summed E-state index contributed by atoms with van der Waals surface area (Å²) in [5.74, 6) is 0.538. The van der Waals surface area contributed by atoms with Gasteiger partial charge in [0, 0.05) is 19.7 Å². The summed E-state index contributed by atoms with van der Waals surface area (Å²) in [4.78, 5) is 14.5. The SMILES string of the molecule is Clc1nc(OCC2CCCO2)nc(N2CCOCC2)n1. The first-order chi connectivity index (χ1) is 9.81. The molecule has 1 aromatic heterocycles. The van der Waals surface area contributed by atoms with Crippen molar-refractivity contribution >= 4 is 17.5 Å². The molecule has 110 valence electrons. The molecule has 1 aromatic rings. The third-order valence-electron chi connectivity index (χ3n) is 3.29. The van der Waals surface area contributed by atoms with Gasteiger partial charge in [-0.1, -0.05) is 0 Å². The Morgan fingerprint density at radius 2 is 2.05 bits per heavy atom. The van der Waals surface area contributed by atoms with Gasteiger partial charge in [-0.05, 0) is 24.4 Å². The average Bonchev–Trinajstić information content (AvgIpc) is 2.99. The molecule has 1 unspecified atom stereocenters. The van der Waals surface area contributed by atoms with E-state index in [0.717, 1.165) is 32.5 Å². The molecule has 1 atom stereocenters. The maximum absolute atomic E-state index is 5.93. The lowest BCUT2D eigenvalue weighted by Crippen LogP contribution is -2.37. The van der Waals surface area contributed by atoms with Crippen LogP contribution in [0.2, 0.25) is 5.28 Å². The van der Waals surface area contributed by atoms with Gasteiger partial charge in [-0.2, -0.15) is 15.0 Å². The number of hydrogen-bond acceptors (Lipinski definition) is 7. The zero-order chi connectivity index (χ0) is 13.8. The van der Waals surface area contributed by atoms with E-state index in [1.54, 1.807) is 0 Å². The van der Waals surface area contributed by atoms with Crippen LogP contribution < -0.4 is 9.64 Å². The van der Waals surface area contributed by atoms with Crippen molar-refractivity contribution in [2.24, 2.45) is 0 Å². The standard InChI is InChI=1S/C12H17ClN4O3/c13-10-14-11(17-3-6-18-7-4-17)16-12(15-10)20-8-9-2-1-5-19-9/h9H,1-8H2. The van der Waals surface area contributed by atoms with E-state index in [0.29, 0.717) is 25.8 Å². The summed E-state index contributed by atoms with van der Waals surface area (Å²) in [6, 6.07) is 0.252. The number of rotatable bonds is 4. The Labute approximate surface area is 122 Å². The van der Waals surface area contributed by atoms with Crippen LogP contribution in [0.5, 0.6) is 6.01 Å². The molecule has 8 heteroatoms. The van der Waals surface area contributed by atoms with Crippen molar-refractivity contribution in [1.29, 1.82) is 0 Å². The zero-order valence-corrected chi connectivity index (χ0v) is 11.9. The second-order valence-electron chi connectivity index (χ2n) is 4.73. The van der Waals surface area contributed by atoms with Gasteiger partial charge in [-0.3, -0.25) is 0 Å². The van der Waals surface area contributed by atoms with Crippen LogP contribution in [0, 0.1) is 0 Å². The molecule has 0 aliphatic carbocycles. The summed E-state index contributed by atoms with van der Waals surface area (Å²) in [6.45, 7) is 4.05. The van der Waals surface area contributed by atoms with Gasteiger partial charge in [0.1, 0.15) is 6.61 Å². The number of ether oxygens (including phenoxy) is 3. The highest BCUT2D eigenvalue weighted by Crippen LogP contribution is 2.18. The summed E-state index contributed by atoms with van der Waals surface area (Å²) < 4.78 is 16.4. The second-order valence-corrected chi connectivity index (χ2v) is 5.07. The molecule has 2 aliphatic heterocycles. The van der Waals surface area contributed by atoms with Crippen molar-refractivity contribution in [2.45, 2.75) is 18.9 Å². The van der Waals surface area contributed by atoms with Crippen LogP contribution in [-0.4, -0.2) is 60.6 Å². The number of morpholine rings is 1. The van der Waals surface area contributed by atoms with Crippen molar-refractivity contribution in [1.82, 2.24) is 15.0 Å². The number of halogens is 1. The molecule has 0 amide bonds. The highest BCUT2D eigenvalue weighted by Gasteiger charge is 2.19. The minimum absolute atomic E-state index is 0.123. The largest absolute Gasteiger partial charge is 0.461 e. The summed E-state index contributed by atoms with van der Waals surface area (Å²) in [7, 11) is 0. The Balaban J connectivity index is 1.65. The van der Waals surface area contributed by atoms with Crippen LogP contribution in [0.3, 0.4) is 0 Å². The molecule has 0 bridgehead atoms. The van der Waals surface area contributed by atoms with Crippen molar-refractivity contribution in [3.05, 3.63) is 5.28 Å². The van der Waals surface area contributed by atoms with Gasteiger partial charge in [0.05, 0.1) is 19.3 Å². The minimum Gasteiger partial charge on any atom is -0.461 e. The first kappa shape index (κ1) is 13.8. The van der Waals surface area contributed by atoms with E-state index in [1.165, 1.54) is 0 Å². The van der Waals surface area contributed by atoms with Gasteiger partial charge in [-0.15, -0.1) is 0 Å². The van der Waals surface area contributed by atoms with Gasteiger partial charge in [0.2, 0.25) is 11.2 Å². The highest BCUT2D eigenvalue weighted by molar-refractivity contribution is 6.28. The molecule has 3 rings (SSSR count). The molecule has 2 fully saturated rings. The Morgan fingerprint density at radius 1 is 1.20 bits per heavy atom. The van der Waals surface area contributed by atoms with E-state index in [4.69, 9.17) is 25.8 Å². The third-order valence-corrected chi connectivity index (χ3v) is 3.46. The fourth-order valence-corrected chi connectivity index (χ4v) is 2.38. The predicted octanol–water partition coefficient (Wildman–Crippen LogP) is 0.919. The number of aromatic nitrogens is 3. The molecule has 7 nitrogen and oxygen atoms in total. The number of nitrogens with zero attached hydrogens (tertiary/aromatic N) is 4. The Bertz CT molecular complexity index is 450. The fourth-order valence-electron chi connectivity index (χ4n) is 2.23. The lowest BCUT2D eigenvalue weighted by Gasteiger charge is -2.26. The first-order valence-electron chi connectivity index (χ1n) is 6.80. The quantitative estimate of drug-likeness (QED) is 0.819. The Hall–Kier alpha value is -1.18. The van der Waals surface area contributed by atoms with Crippen molar-refractivity contribution in [3.63, 3.8) is 0 Å². The van der Waals surface area contributed by atoms with E-state index in [9.17, 15) is 0 Å². The molecular weight excluding hydrogens is 284 g/mol. The van der Waals surface area contributed by atoms with Crippen LogP contribution in [0.25, 0.3) is 0 Å². The van der Waals surface area contributed by atoms with Gasteiger partial charge in [-0.25, -0.2) is 0 Å². The molecule has 2 saturated heterocycles. The van der Waals surface area contributed by atoms with Crippen molar-refractivity contribution in [2.75, 3.05) is 44.4 Å². The minimum atomic E-state index is 0.123. The molecule has 20 heavy (non-hydrogen) atoms. The summed E-state index contributed by atoms with van der Waals surface area (Å²) >= 11 is 5.93. The van der Waals surface area contributed by atoms with Crippen LogP contribution in [-0.2, 0) is 9.47 Å². The third kappa shape index (κ3) is 3.47. The zero-order valence-electron chi connectivity index (χ0n) is 11.1. The van der Waals surface area contributed by atoms with Crippen LogP contribution >= 0.6 is 11.6 Å². The van der Waals surface area contributed by atoms with E-state index < -0.39 is 0 Å². The first-order valence-corrected chi connectivity index (χ1v) is 7.18. The van der Waals surface area contributed by atoms with Crippen LogP contribution in [0.15, 0.2) is 0 Å². The second kappa shape index (κ2) is 6.51. The number of hydrogen-bond donors (Lipinski definition) is 0. The molecule has 0 radical (unpaired) electrons. The van der Waals surface area contributed by atoms with E-state index in [-0.39, 0.29) is 17.4 Å². The summed E-state index contributed by atoms with van der Waals surface area (Å²) in [6.07, 6.45) is 2.21. The fraction of sp³-hybridized carbons (Fsp3) is 0.750. The monoisotopic (exact) mass is 300 g/mol. The molecular formula is C12H17ClN4O3. The molecule has 0 spiro atoms.